The van der Waals surface area contributed by atoms with Gasteiger partial charge in [0.05, 0.1) is 6.04 Å². The molecular weight excluding hydrogens is 168 g/mol. The zero-order chi connectivity index (χ0) is 9.84. The number of aldehydes is 1. The van der Waals surface area contributed by atoms with Gasteiger partial charge in [-0.05, 0) is 19.9 Å². The van der Waals surface area contributed by atoms with Crippen molar-refractivity contribution >= 4 is 12.2 Å². The Labute approximate surface area is 77.8 Å². The Hall–Kier alpha value is -1.10. The molecule has 1 rings (SSSR count). The van der Waals surface area contributed by atoms with Crippen molar-refractivity contribution < 1.29 is 4.79 Å². The monoisotopic (exact) mass is 184 g/mol. The third-order valence-corrected chi connectivity index (χ3v) is 2.34. The number of carbonyl (C=O) groups excluding carboxylic acids is 1. The van der Waals surface area contributed by atoms with Crippen LogP contribution in [-0.4, -0.2) is 42.3 Å². The van der Waals surface area contributed by atoms with E-state index in [2.05, 4.69) is 5.32 Å². The normalized spacial score (nSPS) is 23.9. The van der Waals surface area contributed by atoms with Crippen LogP contribution in [0.3, 0.4) is 0 Å². The molecule has 4 N–H and O–H groups in total. The standard InChI is InChI=1S/C8H16N4O/c1-6(5-13)12(8(9)10)7-2-3-11-4-7/h5-7,11H,2-4H2,1H3,(H3,9,10)/t6-,7?/m0/s1. The van der Waals surface area contributed by atoms with Gasteiger partial charge in [0, 0.05) is 12.6 Å². The van der Waals surface area contributed by atoms with E-state index in [-0.39, 0.29) is 18.0 Å². The average Bonchev–Trinajstić information content (AvgIpc) is 2.56. The van der Waals surface area contributed by atoms with Crippen LogP contribution in [0.1, 0.15) is 13.3 Å². The number of hydrogen-bond acceptors (Lipinski definition) is 3. The van der Waals surface area contributed by atoms with Crippen molar-refractivity contribution in [2.45, 2.75) is 25.4 Å². The number of guanidine groups is 1. The van der Waals surface area contributed by atoms with Gasteiger partial charge < -0.3 is 20.7 Å². The van der Waals surface area contributed by atoms with E-state index in [1.54, 1.807) is 11.8 Å². The molecule has 0 aliphatic carbocycles. The van der Waals surface area contributed by atoms with Gasteiger partial charge in [-0.3, -0.25) is 5.41 Å². The van der Waals surface area contributed by atoms with Crippen LogP contribution in [-0.2, 0) is 4.79 Å². The van der Waals surface area contributed by atoms with Crippen LogP contribution in [0.15, 0.2) is 0 Å². The van der Waals surface area contributed by atoms with E-state index in [9.17, 15) is 4.79 Å². The van der Waals surface area contributed by atoms with Crippen molar-refractivity contribution in [2.75, 3.05) is 13.1 Å². The molecule has 0 aromatic carbocycles. The van der Waals surface area contributed by atoms with Crippen molar-refractivity contribution in [3.05, 3.63) is 0 Å². The second-order valence-corrected chi connectivity index (χ2v) is 3.32. The van der Waals surface area contributed by atoms with Crippen LogP contribution < -0.4 is 11.1 Å². The van der Waals surface area contributed by atoms with Crippen molar-refractivity contribution in [2.24, 2.45) is 5.73 Å². The van der Waals surface area contributed by atoms with E-state index < -0.39 is 0 Å². The number of nitrogens with one attached hydrogen (secondary N) is 2. The summed E-state index contributed by atoms with van der Waals surface area (Å²) in [6.45, 7) is 3.49. The number of nitrogens with two attached hydrogens (primary N) is 1. The minimum absolute atomic E-state index is 0.0201. The smallest absolute Gasteiger partial charge is 0.189 e. The Kier molecular flexibility index (Phi) is 3.25. The van der Waals surface area contributed by atoms with E-state index in [1.165, 1.54) is 0 Å². The van der Waals surface area contributed by atoms with Crippen molar-refractivity contribution in [3.8, 4) is 0 Å². The van der Waals surface area contributed by atoms with Crippen LogP contribution >= 0.6 is 0 Å². The fraction of sp³-hybridized carbons (Fsp3) is 0.750. The summed E-state index contributed by atoms with van der Waals surface area (Å²) in [6.07, 6.45) is 1.76. The van der Waals surface area contributed by atoms with Gasteiger partial charge in [-0.1, -0.05) is 0 Å². The minimum Gasteiger partial charge on any atom is -0.370 e. The van der Waals surface area contributed by atoms with Crippen LogP contribution in [0.5, 0.6) is 0 Å². The fourth-order valence-corrected chi connectivity index (χ4v) is 1.69. The topological polar surface area (TPSA) is 82.2 Å². The molecule has 0 aromatic heterocycles. The van der Waals surface area contributed by atoms with Crippen LogP contribution in [0.25, 0.3) is 0 Å². The van der Waals surface area contributed by atoms with Gasteiger partial charge in [0.1, 0.15) is 6.29 Å². The molecule has 13 heavy (non-hydrogen) atoms. The summed E-state index contributed by atoms with van der Waals surface area (Å²) in [7, 11) is 0. The highest BCUT2D eigenvalue weighted by Crippen LogP contribution is 2.10. The van der Waals surface area contributed by atoms with E-state index in [1.807, 2.05) is 0 Å². The third-order valence-electron chi connectivity index (χ3n) is 2.34. The van der Waals surface area contributed by atoms with Gasteiger partial charge >= 0.3 is 0 Å². The number of nitrogens with zero attached hydrogens (tertiary/aromatic N) is 1. The van der Waals surface area contributed by atoms with Crippen LogP contribution in [0, 0.1) is 5.41 Å². The second-order valence-electron chi connectivity index (χ2n) is 3.32. The maximum atomic E-state index is 10.6. The first kappa shape index (κ1) is 9.98. The lowest BCUT2D eigenvalue weighted by atomic mass is 10.2. The molecule has 5 nitrogen and oxygen atoms in total. The van der Waals surface area contributed by atoms with Crippen molar-refractivity contribution in [1.82, 2.24) is 10.2 Å². The summed E-state index contributed by atoms with van der Waals surface area (Å²) >= 11 is 0. The van der Waals surface area contributed by atoms with Crippen LogP contribution in [0.4, 0.5) is 0 Å². The van der Waals surface area contributed by atoms with Crippen molar-refractivity contribution in [1.29, 1.82) is 5.41 Å². The van der Waals surface area contributed by atoms with Gasteiger partial charge in [0.25, 0.3) is 0 Å². The molecule has 0 aromatic rings. The Morgan fingerprint density at radius 3 is 2.92 bits per heavy atom. The Morgan fingerprint density at radius 1 is 1.85 bits per heavy atom. The molecule has 1 fully saturated rings. The lowest BCUT2D eigenvalue weighted by molar-refractivity contribution is -0.111. The van der Waals surface area contributed by atoms with Gasteiger partial charge in [-0.25, -0.2) is 0 Å². The van der Waals surface area contributed by atoms with Crippen molar-refractivity contribution in [3.63, 3.8) is 0 Å². The summed E-state index contributed by atoms with van der Waals surface area (Å²) in [5.41, 5.74) is 5.42. The van der Waals surface area contributed by atoms with E-state index in [4.69, 9.17) is 11.1 Å². The molecule has 1 heterocycles. The number of rotatable bonds is 3. The molecule has 0 amide bonds. The summed E-state index contributed by atoms with van der Waals surface area (Å²) in [4.78, 5) is 12.3. The predicted octanol–water partition coefficient (Wildman–Crippen LogP) is -0.869. The largest absolute Gasteiger partial charge is 0.370 e. The quantitative estimate of drug-likeness (QED) is 0.302. The van der Waals surface area contributed by atoms with Crippen LogP contribution in [0.2, 0.25) is 0 Å². The lowest BCUT2D eigenvalue weighted by Gasteiger charge is -2.31. The highest BCUT2D eigenvalue weighted by Gasteiger charge is 2.26. The molecular formula is C8H16N4O. The van der Waals surface area contributed by atoms with Gasteiger partial charge in [-0.15, -0.1) is 0 Å². The summed E-state index contributed by atoms with van der Waals surface area (Å²) in [5, 5.41) is 10.5. The first-order valence-corrected chi connectivity index (χ1v) is 4.45. The zero-order valence-electron chi connectivity index (χ0n) is 7.79. The average molecular weight is 184 g/mol. The summed E-state index contributed by atoms with van der Waals surface area (Å²) in [5.74, 6) is -0.0201. The molecule has 0 spiro atoms. The van der Waals surface area contributed by atoms with E-state index >= 15 is 0 Å². The maximum absolute atomic E-state index is 10.6. The molecule has 74 valence electrons. The Bertz CT molecular complexity index is 200. The maximum Gasteiger partial charge on any atom is 0.189 e. The SMILES string of the molecule is C[C@@H](C=O)N(C(=N)N)C1CCNC1. The molecule has 0 saturated carbocycles. The number of hydrogen-bond donors (Lipinski definition) is 3. The predicted molar refractivity (Wildman–Crippen MR) is 50.6 cm³/mol. The Morgan fingerprint density at radius 2 is 2.54 bits per heavy atom. The highest BCUT2D eigenvalue weighted by atomic mass is 16.1. The van der Waals surface area contributed by atoms with E-state index in [0.717, 1.165) is 25.8 Å². The first-order valence-electron chi connectivity index (χ1n) is 4.45. The van der Waals surface area contributed by atoms with Gasteiger partial charge in [0.15, 0.2) is 5.96 Å². The van der Waals surface area contributed by atoms with Gasteiger partial charge in [0.2, 0.25) is 0 Å². The molecule has 1 unspecified atom stereocenters. The zero-order valence-corrected chi connectivity index (χ0v) is 7.79. The van der Waals surface area contributed by atoms with Gasteiger partial charge in [-0.2, -0.15) is 0 Å². The minimum atomic E-state index is -0.303. The molecule has 5 heteroatoms. The molecule has 1 aliphatic rings. The summed E-state index contributed by atoms with van der Waals surface area (Å²) in [6, 6.07) is -0.111. The van der Waals surface area contributed by atoms with E-state index in [0.29, 0.717) is 0 Å². The lowest BCUT2D eigenvalue weighted by Crippen LogP contribution is -2.50. The fourth-order valence-electron chi connectivity index (χ4n) is 1.69. The molecule has 1 aliphatic heterocycles. The summed E-state index contributed by atoms with van der Waals surface area (Å²) < 4.78 is 0. The second kappa shape index (κ2) is 4.23. The number of carbonyl (C=O) groups is 1. The molecule has 1 saturated heterocycles. The third kappa shape index (κ3) is 2.18. The highest BCUT2D eigenvalue weighted by molar-refractivity contribution is 5.78. The molecule has 2 atom stereocenters. The first-order chi connectivity index (χ1) is 6.16. The molecule has 0 radical (unpaired) electrons. The Balaban J connectivity index is 2.65. The molecule has 0 bridgehead atoms.